The van der Waals surface area contributed by atoms with Gasteiger partial charge in [0.15, 0.2) is 0 Å². The lowest BCUT2D eigenvalue weighted by Crippen LogP contribution is -2.09. The van der Waals surface area contributed by atoms with Crippen molar-refractivity contribution in [1.82, 2.24) is 0 Å². The van der Waals surface area contributed by atoms with Gasteiger partial charge in [0.2, 0.25) is 0 Å². The molecule has 1 aromatic rings. The van der Waals surface area contributed by atoms with Gasteiger partial charge in [-0.25, -0.2) is 0 Å². The van der Waals surface area contributed by atoms with Crippen molar-refractivity contribution in [2.24, 2.45) is 0 Å². The molecule has 0 amide bonds. The van der Waals surface area contributed by atoms with Crippen molar-refractivity contribution in [2.75, 3.05) is 11.5 Å². The van der Waals surface area contributed by atoms with Crippen LogP contribution in [-0.4, -0.2) is 17.6 Å². The molecule has 0 unspecified atom stereocenters. The summed E-state index contributed by atoms with van der Waals surface area (Å²) >= 11 is 1.98. The Kier molecular flexibility index (Phi) is 4.09. The van der Waals surface area contributed by atoms with Gasteiger partial charge >= 0.3 is 0 Å². The highest BCUT2D eigenvalue weighted by Crippen LogP contribution is 2.33. The Morgan fingerprint density at radius 3 is 2.80 bits per heavy atom. The van der Waals surface area contributed by atoms with Crippen LogP contribution >= 0.6 is 11.8 Å². The van der Waals surface area contributed by atoms with E-state index < -0.39 is 0 Å². The van der Waals surface area contributed by atoms with E-state index in [-0.39, 0.29) is 0 Å². The van der Waals surface area contributed by atoms with Crippen molar-refractivity contribution in [1.29, 1.82) is 0 Å². The minimum absolute atomic E-state index is 0.341. The number of rotatable bonds is 4. The van der Waals surface area contributed by atoms with E-state index in [2.05, 4.69) is 37.3 Å². The fourth-order valence-electron chi connectivity index (χ4n) is 1.99. The Morgan fingerprint density at radius 1 is 1.27 bits per heavy atom. The summed E-state index contributed by atoms with van der Waals surface area (Å²) in [6, 6.07) is 10.6. The van der Waals surface area contributed by atoms with Gasteiger partial charge in [-0.2, -0.15) is 11.8 Å². The van der Waals surface area contributed by atoms with E-state index in [0.29, 0.717) is 12.2 Å². The zero-order valence-electron chi connectivity index (χ0n) is 9.19. The average molecular weight is 222 g/mol. The van der Waals surface area contributed by atoms with Gasteiger partial charge in [0.05, 0.1) is 12.2 Å². The van der Waals surface area contributed by atoms with Crippen molar-refractivity contribution in [3.8, 4) is 0 Å². The Morgan fingerprint density at radius 2 is 2.07 bits per heavy atom. The predicted octanol–water partition coefficient (Wildman–Crippen LogP) is 3.66. The fourth-order valence-corrected chi connectivity index (χ4v) is 2.73. The lowest BCUT2D eigenvalue weighted by Gasteiger charge is -2.13. The van der Waals surface area contributed by atoms with Crippen LogP contribution in [0.2, 0.25) is 0 Å². The normalized spacial score (nSPS) is 25.7. The predicted molar refractivity (Wildman–Crippen MR) is 66.3 cm³/mol. The summed E-state index contributed by atoms with van der Waals surface area (Å²) < 4.78 is 6.03. The van der Waals surface area contributed by atoms with Crippen LogP contribution in [0.15, 0.2) is 30.3 Å². The zero-order valence-corrected chi connectivity index (χ0v) is 10.0. The number of hydrogen-bond donors (Lipinski definition) is 0. The molecule has 1 heterocycles. The lowest BCUT2D eigenvalue weighted by molar-refractivity contribution is 0.0582. The molecule has 15 heavy (non-hydrogen) atoms. The summed E-state index contributed by atoms with van der Waals surface area (Å²) in [5.41, 5.74) is 1.33. The molecule has 1 saturated heterocycles. The summed E-state index contributed by atoms with van der Waals surface area (Å²) in [4.78, 5) is 0. The van der Waals surface area contributed by atoms with Gasteiger partial charge in [0.25, 0.3) is 0 Å². The lowest BCUT2D eigenvalue weighted by atomic mass is 10.1. The van der Waals surface area contributed by atoms with Crippen LogP contribution in [0.1, 0.15) is 31.4 Å². The summed E-state index contributed by atoms with van der Waals surface area (Å²) in [6.45, 7) is 2.20. The van der Waals surface area contributed by atoms with Crippen molar-refractivity contribution >= 4 is 11.8 Å². The second kappa shape index (κ2) is 5.57. The van der Waals surface area contributed by atoms with Gasteiger partial charge in [0.1, 0.15) is 0 Å². The molecular formula is C13H18OS. The maximum atomic E-state index is 6.03. The molecule has 1 aliphatic rings. The van der Waals surface area contributed by atoms with Crippen LogP contribution in [0.25, 0.3) is 0 Å². The third kappa shape index (κ3) is 2.99. The monoisotopic (exact) mass is 222 g/mol. The second-order valence-electron chi connectivity index (χ2n) is 3.89. The molecule has 0 aliphatic carbocycles. The molecule has 82 valence electrons. The van der Waals surface area contributed by atoms with Gasteiger partial charge < -0.3 is 4.74 Å². The third-order valence-corrected chi connectivity index (χ3v) is 3.80. The Balaban J connectivity index is 1.87. The smallest absolute Gasteiger partial charge is 0.0830 e. The first-order valence-electron chi connectivity index (χ1n) is 5.68. The molecule has 1 aliphatic heterocycles. The van der Waals surface area contributed by atoms with Gasteiger partial charge in [-0.05, 0) is 24.2 Å². The van der Waals surface area contributed by atoms with Crippen molar-refractivity contribution in [3.05, 3.63) is 35.9 Å². The summed E-state index contributed by atoms with van der Waals surface area (Å²) in [6.07, 6.45) is 3.21. The Labute approximate surface area is 96.2 Å². The third-order valence-electron chi connectivity index (χ3n) is 2.79. The molecule has 0 aromatic heterocycles. The summed E-state index contributed by atoms with van der Waals surface area (Å²) in [5, 5.41) is 0. The summed E-state index contributed by atoms with van der Waals surface area (Å²) in [7, 11) is 0. The molecule has 0 spiro atoms. The van der Waals surface area contributed by atoms with E-state index in [9.17, 15) is 0 Å². The van der Waals surface area contributed by atoms with Crippen LogP contribution in [0.4, 0.5) is 0 Å². The Hall–Kier alpha value is -0.470. The standard InChI is InChI=1S/C13H18OS/c1-2-15-10-12-8-9-13(14-12)11-6-4-3-5-7-11/h3-7,12-13H,2,8-10H2,1H3/t12-,13-/m1/s1. The van der Waals surface area contributed by atoms with Gasteiger partial charge in [0, 0.05) is 5.75 Å². The molecular weight excluding hydrogens is 204 g/mol. The Bertz CT molecular complexity index is 286. The molecule has 0 saturated carbocycles. The first kappa shape index (κ1) is 11.0. The zero-order chi connectivity index (χ0) is 10.5. The number of thioether (sulfide) groups is 1. The minimum Gasteiger partial charge on any atom is -0.369 e. The van der Waals surface area contributed by atoms with Crippen molar-refractivity contribution in [3.63, 3.8) is 0 Å². The van der Waals surface area contributed by atoms with Crippen molar-refractivity contribution < 1.29 is 4.74 Å². The minimum atomic E-state index is 0.341. The van der Waals surface area contributed by atoms with Crippen molar-refractivity contribution in [2.45, 2.75) is 32.0 Å². The van der Waals surface area contributed by atoms with E-state index in [1.54, 1.807) is 0 Å². The second-order valence-corrected chi connectivity index (χ2v) is 5.21. The maximum absolute atomic E-state index is 6.03. The number of ether oxygens (including phenoxy) is 1. The van der Waals surface area contributed by atoms with Gasteiger partial charge in [-0.15, -0.1) is 0 Å². The fraction of sp³-hybridized carbons (Fsp3) is 0.538. The molecule has 0 bridgehead atoms. The highest BCUT2D eigenvalue weighted by molar-refractivity contribution is 7.99. The first-order chi connectivity index (χ1) is 7.40. The largest absolute Gasteiger partial charge is 0.369 e. The number of benzene rings is 1. The first-order valence-corrected chi connectivity index (χ1v) is 6.83. The molecule has 2 atom stereocenters. The molecule has 1 aromatic carbocycles. The maximum Gasteiger partial charge on any atom is 0.0830 e. The van der Waals surface area contributed by atoms with E-state index in [0.717, 1.165) is 5.75 Å². The van der Waals surface area contributed by atoms with Crippen LogP contribution in [0.3, 0.4) is 0 Å². The molecule has 2 rings (SSSR count). The van der Waals surface area contributed by atoms with Crippen LogP contribution < -0.4 is 0 Å². The van der Waals surface area contributed by atoms with E-state index >= 15 is 0 Å². The molecule has 2 heteroatoms. The van der Waals surface area contributed by atoms with E-state index in [4.69, 9.17) is 4.74 Å². The SMILES string of the molecule is CCSC[C@H]1CC[C@H](c2ccccc2)O1. The molecule has 1 fully saturated rings. The van der Waals surface area contributed by atoms with Crippen LogP contribution in [0, 0.1) is 0 Å². The highest BCUT2D eigenvalue weighted by Gasteiger charge is 2.25. The molecule has 1 nitrogen and oxygen atoms in total. The van der Waals surface area contributed by atoms with Gasteiger partial charge in [-0.1, -0.05) is 37.3 Å². The van der Waals surface area contributed by atoms with Gasteiger partial charge in [-0.3, -0.25) is 0 Å². The quantitative estimate of drug-likeness (QED) is 0.769. The van der Waals surface area contributed by atoms with E-state index in [1.165, 1.54) is 24.2 Å². The summed E-state index contributed by atoms with van der Waals surface area (Å²) in [5.74, 6) is 2.34. The van der Waals surface area contributed by atoms with Crippen LogP contribution in [0.5, 0.6) is 0 Å². The molecule has 0 radical (unpaired) electrons. The highest BCUT2D eigenvalue weighted by atomic mass is 32.2. The van der Waals surface area contributed by atoms with Crippen LogP contribution in [-0.2, 0) is 4.74 Å². The molecule has 0 N–H and O–H groups in total. The number of hydrogen-bond acceptors (Lipinski definition) is 2. The van der Waals surface area contributed by atoms with E-state index in [1.807, 2.05) is 11.8 Å². The topological polar surface area (TPSA) is 9.23 Å². The average Bonchev–Trinajstić information content (AvgIpc) is 2.76.